The van der Waals surface area contributed by atoms with Crippen molar-refractivity contribution < 1.29 is 13.2 Å². The van der Waals surface area contributed by atoms with Crippen LogP contribution in [0.5, 0.6) is 5.75 Å². The van der Waals surface area contributed by atoms with Crippen molar-refractivity contribution in [3.8, 4) is 5.75 Å². The SMILES string of the molecule is CC(C)Cc1ccc(C2=C(c3ccc(S(C)(=O)=O)cc3)Oc3ccccc3C2)cc1. The van der Waals surface area contributed by atoms with Crippen molar-refractivity contribution in [2.24, 2.45) is 5.92 Å². The van der Waals surface area contributed by atoms with Crippen LogP contribution in [0.1, 0.15) is 36.1 Å². The van der Waals surface area contributed by atoms with Gasteiger partial charge in [-0.15, -0.1) is 0 Å². The van der Waals surface area contributed by atoms with Crippen LogP contribution in [0.4, 0.5) is 0 Å². The van der Waals surface area contributed by atoms with Gasteiger partial charge in [0.25, 0.3) is 0 Å². The first kappa shape index (κ1) is 20.4. The number of rotatable bonds is 5. The maximum absolute atomic E-state index is 11.8. The first-order chi connectivity index (χ1) is 14.3. The lowest BCUT2D eigenvalue weighted by molar-refractivity contribution is 0.502. The Kier molecular flexibility index (Phi) is 5.52. The third-order valence-electron chi connectivity index (χ3n) is 5.32. The van der Waals surface area contributed by atoms with Gasteiger partial charge in [-0.2, -0.15) is 0 Å². The molecule has 30 heavy (non-hydrogen) atoms. The second kappa shape index (κ2) is 8.11. The summed E-state index contributed by atoms with van der Waals surface area (Å²) in [7, 11) is -3.24. The van der Waals surface area contributed by atoms with Crippen molar-refractivity contribution in [2.45, 2.75) is 31.6 Å². The molecule has 3 aromatic carbocycles. The van der Waals surface area contributed by atoms with E-state index in [1.54, 1.807) is 12.1 Å². The zero-order valence-corrected chi connectivity index (χ0v) is 18.4. The number of hydrogen-bond donors (Lipinski definition) is 0. The van der Waals surface area contributed by atoms with Crippen molar-refractivity contribution in [3.63, 3.8) is 0 Å². The Bertz CT molecular complexity index is 1190. The summed E-state index contributed by atoms with van der Waals surface area (Å²) >= 11 is 0. The van der Waals surface area contributed by atoms with Crippen LogP contribution in [0.15, 0.2) is 77.7 Å². The molecule has 0 saturated heterocycles. The quantitative estimate of drug-likeness (QED) is 0.526. The molecule has 0 saturated carbocycles. The van der Waals surface area contributed by atoms with E-state index in [1.807, 2.05) is 30.3 Å². The van der Waals surface area contributed by atoms with E-state index < -0.39 is 9.84 Å². The van der Waals surface area contributed by atoms with Gasteiger partial charge >= 0.3 is 0 Å². The van der Waals surface area contributed by atoms with Gasteiger partial charge in [0.1, 0.15) is 11.5 Å². The minimum atomic E-state index is -3.24. The Labute approximate surface area is 179 Å². The highest BCUT2D eigenvalue weighted by atomic mass is 32.2. The van der Waals surface area contributed by atoms with E-state index in [0.29, 0.717) is 10.8 Å². The average Bonchev–Trinajstić information content (AvgIpc) is 2.72. The Morgan fingerprint density at radius 3 is 2.13 bits per heavy atom. The van der Waals surface area contributed by atoms with E-state index in [2.05, 4.69) is 44.2 Å². The third-order valence-corrected chi connectivity index (χ3v) is 6.45. The van der Waals surface area contributed by atoms with Gasteiger partial charge in [0.05, 0.1) is 4.90 Å². The molecule has 3 aromatic rings. The molecular formula is C26H26O3S. The van der Waals surface area contributed by atoms with Gasteiger partial charge in [-0.25, -0.2) is 8.42 Å². The minimum absolute atomic E-state index is 0.308. The van der Waals surface area contributed by atoms with Crippen LogP contribution in [-0.2, 0) is 22.7 Å². The summed E-state index contributed by atoms with van der Waals surface area (Å²) in [6.07, 6.45) is 3.04. The minimum Gasteiger partial charge on any atom is -0.456 e. The molecule has 0 unspecified atom stereocenters. The monoisotopic (exact) mass is 418 g/mol. The molecule has 0 aromatic heterocycles. The third kappa shape index (κ3) is 4.34. The Balaban J connectivity index is 1.78. The summed E-state index contributed by atoms with van der Waals surface area (Å²) in [6.45, 7) is 4.45. The summed E-state index contributed by atoms with van der Waals surface area (Å²) in [6, 6.07) is 23.7. The number of sulfone groups is 1. The molecule has 1 heterocycles. The fourth-order valence-electron chi connectivity index (χ4n) is 3.82. The maximum atomic E-state index is 11.8. The number of ether oxygens (including phenoxy) is 1. The van der Waals surface area contributed by atoms with Crippen LogP contribution in [0, 0.1) is 5.92 Å². The normalized spacial score (nSPS) is 13.9. The summed E-state index contributed by atoms with van der Waals surface area (Å²) in [5, 5.41) is 0. The van der Waals surface area contributed by atoms with Crippen molar-refractivity contribution >= 4 is 21.2 Å². The lowest BCUT2D eigenvalue weighted by Crippen LogP contribution is -2.09. The van der Waals surface area contributed by atoms with E-state index in [1.165, 1.54) is 11.8 Å². The first-order valence-corrected chi connectivity index (χ1v) is 12.1. The molecule has 1 aliphatic heterocycles. The molecular weight excluding hydrogens is 392 g/mol. The van der Waals surface area contributed by atoms with Crippen molar-refractivity contribution in [1.29, 1.82) is 0 Å². The Hall–Kier alpha value is -2.85. The van der Waals surface area contributed by atoms with Gasteiger partial charge in [-0.05, 0) is 59.4 Å². The second-order valence-corrected chi connectivity index (χ2v) is 10.3. The van der Waals surface area contributed by atoms with Gasteiger partial charge in [0.15, 0.2) is 9.84 Å². The van der Waals surface area contributed by atoms with E-state index in [4.69, 9.17) is 4.74 Å². The molecule has 3 nitrogen and oxygen atoms in total. The van der Waals surface area contributed by atoms with E-state index in [-0.39, 0.29) is 0 Å². The van der Waals surface area contributed by atoms with Gasteiger partial charge < -0.3 is 4.74 Å². The standard InChI is InChI=1S/C26H26O3S/c1-18(2)16-19-8-10-20(11-9-19)24-17-22-6-4-5-7-25(22)29-26(24)21-12-14-23(15-13-21)30(3,27)28/h4-15,18H,16-17H2,1-3H3. The zero-order chi connectivity index (χ0) is 21.3. The van der Waals surface area contributed by atoms with Crippen LogP contribution in [-0.4, -0.2) is 14.7 Å². The Morgan fingerprint density at radius 1 is 0.867 bits per heavy atom. The predicted octanol–water partition coefficient (Wildman–Crippen LogP) is 5.79. The first-order valence-electron chi connectivity index (χ1n) is 10.2. The largest absolute Gasteiger partial charge is 0.456 e. The van der Waals surface area contributed by atoms with E-state index in [0.717, 1.165) is 46.6 Å². The predicted molar refractivity (Wildman–Crippen MR) is 122 cm³/mol. The van der Waals surface area contributed by atoms with Crippen LogP contribution < -0.4 is 4.74 Å². The number of benzene rings is 3. The fraction of sp³-hybridized carbons (Fsp3) is 0.231. The summed E-state index contributed by atoms with van der Waals surface area (Å²) in [4.78, 5) is 0.308. The highest BCUT2D eigenvalue weighted by Crippen LogP contribution is 2.39. The van der Waals surface area contributed by atoms with Gasteiger partial charge in [-0.3, -0.25) is 0 Å². The van der Waals surface area contributed by atoms with Gasteiger partial charge in [0, 0.05) is 23.8 Å². The smallest absolute Gasteiger partial charge is 0.175 e. The Morgan fingerprint density at radius 2 is 1.50 bits per heavy atom. The number of para-hydroxylation sites is 1. The fourth-order valence-corrected chi connectivity index (χ4v) is 4.46. The molecule has 4 heteroatoms. The number of allylic oxidation sites excluding steroid dienone is 1. The summed E-state index contributed by atoms with van der Waals surface area (Å²) < 4.78 is 30.0. The van der Waals surface area contributed by atoms with Gasteiger partial charge in [0.2, 0.25) is 0 Å². The lowest BCUT2D eigenvalue weighted by atomic mass is 9.91. The summed E-state index contributed by atoms with van der Waals surface area (Å²) in [5.74, 6) is 2.24. The average molecular weight is 419 g/mol. The zero-order valence-electron chi connectivity index (χ0n) is 17.6. The number of fused-ring (bicyclic) bond motifs is 1. The van der Waals surface area contributed by atoms with Gasteiger partial charge in [-0.1, -0.05) is 56.3 Å². The lowest BCUT2D eigenvalue weighted by Gasteiger charge is -2.24. The molecule has 0 fully saturated rings. The van der Waals surface area contributed by atoms with Crippen LogP contribution in [0.2, 0.25) is 0 Å². The van der Waals surface area contributed by atoms with E-state index in [9.17, 15) is 8.42 Å². The molecule has 4 rings (SSSR count). The molecule has 0 radical (unpaired) electrons. The van der Waals surface area contributed by atoms with E-state index >= 15 is 0 Å². The molecule has 0 spiro atoms. The topological polar surface area (TPSA) is 43.4 Å². The summed E-state index contributed by atoms with van der Waals surface area (Å²) in [5.41, 5.74) is 5.58. The highest BCUT2D eigenvalue weighted by Gasteiger charge is 2.22. The highest BCUT2D eigenvalue weighted by molar-refractivity contribution is 7.90. The molecule has 0 aliphatic carbocycles. The molecule has 1 aliphatic rings. The van der Waals surface area contributed by atoms with Crippen molar-refractivity contribution in [1.82, 2.24) is 0 Å². The maximum Gasteiger partial charge on any atom is 0.175 e. The van der Waals surface area contributed by atoms with Crippen molar-refractivity contribution in [3.05, 3.63) is 95.1 Å². The number of hydrogen-bond acceptors (Lipinski definition) is 3. The molecule has 0 amide bonds. The van der Waals surface area contributed by atoms with Crippen molar-refractivity contribution in [2.75, 3.05) is 6.26 Å². The van der Waals surface area contributed by atoms with Crippen LogP contribution >= 0.6 is 0 Å². The molecule has 0 bridgehead atoms. The van der Waals surface area contributed by atoms with Crippen LogP contribution in [0.3, 0.4) is 0 Å². The molecule has 0 atom stereocenters. The second-order valence-electron chi connectivity index (χ2n) is 8.29. The van der Waals surface area contributed by atoms with Crippen LogP contribution in [0.25, 0.3) is 11.3 Å². The molecule has 154 valence electrons. The molecule has 0 N–H and O–H groups in total.